The number of phenolic OH excluding ortho intramolecular Hbond substituents is 2. The monoisotopic (exact) mass is 586 g/mol. The van der Waals surface area contributed by atoms with Crippen LogP contribution in [0.4, 0.5) is 22.7 Å². The summed E-state index contributed by atoms with van der Waals surface area (Å²) in [7, 11) is 10.7. The minimum absolute atomic E-state index is 0.0946. The van der Waals surface area contributed by atoms with Gasteiger partial charge in [-0.1, -0.05) is 0 Å². The van der Waals surface area contributed by atoms with Gasteiger partial charge in [0, 0.05) is 22.8 Å². The summed E-state index contributed by atoms with van der Waals surface area (Å²) in [5.74, 6) is -2.69. The number of carbonyl (C=O) groups is 4. The molecule has 38 heavy (non-hydrogen) atoms. The van der Waals surface area contributed by atoms with Gasteiger partial charge in [-0.3, -0.25) is 19.2 Å². The Balaban J connectivity index is 1.94. The third-order valence-electron chi connectivity index (χ3n) is 5.43. The van der Waals surface area contributed by atoms with Crippen molar-refractivity contribution in [1.29, 1.82) is 0 Å². The van der Waals surface area contributed by atoms with Crippen LogP contribution in [0.5, 0.6) is 11.5 Å². The fraction of sp³-hybridized carbons (Fsp3) is 0.0833. The minimum atomic E-state index is -0.672. The summed E-state index contributed by atoms with van der Waals surface area (Å²) in [6.45, 7) is 2.76. The minimum Gasteiger partial charge on any atom is -0.506 e. The van der Waals surface area contributed by atoms with Gasteiger partial charge in [0.1, 0.15) is 11.5 Å². The van der Waals surface area contributed by atoms with Gasteiger partial charge in [0.05, 0.1) is 28.3 Å². The van der Waals surface area contributed by atoms with Crippen molar-refractivity contribution in [3.8, 4) is 11.5 Å². The van der Waals surface area contributed by atoms with Crippen LogP contribution >= 0.6 is 36.5 Å². The molecule has 3 aromatic rings. The zero-order chi connectivity index (χ0) is 28.3. The lowest BCUT2D eigenvalue weighted by atomic mass is 10.1. The number of benzene rings is 3. The Morgan fingerprint density at radius 1 is 0.658 bits per heavy atom. The standard InChI is InChI=1S/C24H22N4O6P4/c1-9(29)11-5-22(36)14(4-15(11)27-37)24(34)26-18-7-17(19(31)8-20(18)32)25-23(33)13-6-21(35)12(10(2)30)3-16(13)28-38/h3-8,31-32,37-38H,35-36H2,1-2H3,(H,25,33)(H,26,34). The van der Waals surface area contributed by atoms with Crippen molar-refractivity contribution in [3.63, 3.8) is 0 Å². The third-order valence-corrected chi connectivity index (χ3v) is 6.87. The van der Waals surface area contributed by atoms with Crippen molar-refractivity contribution in [3.05, 3.63) is 58.7 Å². The molecule has 0 saturated heterocycles. The van der Waals surface area contributed by atoms with Gasteiger partial charge in [-0.25, -0.2) is 9.49 Å². The second-order valence-electron chi connectivity index (χ2n) is 8.04. The molecule has 14 heteroatoms. The maximum atomic E-state index is 13.0. The number of hydrogen-bond donors (Lipinski definition) is 4. The number of rotatable bonds is 8. The molecule has 2 unspecified atom stereocenters. The molecule has 0 saturated carbocycles. The number of ketones is 2. The molecule has 2 amide bonds. The first-order valence-electron chi connectivity index (χ1n) is 10.7. The van der Waals surface area contributed by atoms with E-state index in [1.807, 2.05) is 0 Å². The zero-order valence-corrected chi connectivity index (χ0v) is 24.4. The van der Waals surface area contributed by atoms with Gasteiger partial charge in [-0.15, -0.1) is 18.5 Å². The Morgan fingerprint density at radius 2 is 1.08 bits per heavy atom. The van der Waals surface area contributed by atoms with Crippen LogP contribution in [-0.2, 0) is 0 Å². The number of aromatic hydroxyl groups is 2. The van der Waals surface area contributed by atoms with Crippen LogP contribution < -0.4 is 21.2 Å². The normalized spacial score (nSPS) is 10.4. The molecule has 0 aliphatic rings. The Labute approximate surface area is 226 Å². The van der Waals surface area contributed by atoms with Crippen LogP contribution in [0.2, 0.25) is 0 Å². The van der Waals surface area contributed by atoms with Crippen molar-refractivity contribution >= 4 is 93.3 Å². The molecule has 3 rings (SSSR count). The fourth-order valence-electron chi connectivity index (χ4n) is 3.52. The van der Waals surface area contributed by atoms with E-state index in [0.29, 0.717) is 21.7 Å². The largest absolute Gasteiger partial charge is 0.506 e. The molecule has 10 nitrogen and oxygen atoms in total. The number of Topliss-reactive ketones (excluding diaryl/α,β-unsaturated/α-hetero) is 2. The van der Waals surface area contributed by atoms with Crippen LogP contribution in [0.15, 0.2) is 45.9 Å². The number of phenols is 2. The Bertz CT molecular complexity index is 1560. The summed E-state index contributed by atoms with van der Waals surface area (Å²) in [6.07, 6.45) is 0. The number of carbonyl (C=O) groups excluding carboxylic acids is 4. The molecular weight excluding hydrogens is 564 g/mol. The highest BCUT2D eigenvalue weighted by Crippen LogP contribution is 2.36. The topological polar surface area (TPSA) is 158 Å². The smallest absolute Gasteiger partial charge is 0.257 e. The van der Waals surface area contributed by atoms with Gasteiger partial charge in [0.2, 0.25) is 0 Å². The average Bonchev–Trinajstić information content (AvgIpc) is 2.85. The van der Waals surface area contributed by atoms with E-state index in [9.17, 15) is 29.4 Å². The van der Waals surface area contributed by atoms with Crippen LogP contribution in [0.25, 0.3) is 0 Å². The van der Waals surface area contributed by atoms with E-state index in [1.54, 1.807) is 0 Å². The summed E-state index contributed by atoms with van der Waals surface area (Å²) < 4.78 is 7.73. The lowest BCUT2D eigenvalue weighted by Gasteiger charge is -2.15. The van der Waals surface area contributed by atoms with Crippen LogP contribution in [0.3, 0.4) is 0 Å². The molecule has 0 aliphatic heterocycles. The highest BCUT2D eigenvalue weighted by molar-refractivity contribution is 7.28. The molecule has 4 N–H and O–H groups in total. The van der Waals surface area contributed by atoms with Gasteiger partial charge < -0.3 is 20.8 Å². The van der Waals surface area contributed by atoms with E-state index in [0.717, 1.165) is 6.07 Å². The molecule has 0 aromatic heterocycles. The lowest BCUT2D eigenvalue weighted by Crippen LogP contribution is -2.19. The fourth-order valence-corrected chi connectivity index (χ4v) is 4.72. The first-order valence-corrected chi connectivity index (χ1v) is 12.7. The van der Waals surface area contributed by atoms with Crippen molar-refractivity contribution in [2.75, 3.05) is 10.6 Å². The summed E-state index contributed by atoms with van der Waals surface area (Å²) in [4.78, 5) is 49.7. The van der Waals surface area contributed by atoms with E-state index < -0.39 is 23.3 Å². The second kappa shape index (κ2) is 12.0. The van der Waals surface area contributed by atoms with E-state index in [-0.39, 0.29) is 45.4 Å². The number of hydrogen-bond acceptors (Lipinski definition) is 8. The predicted molar refractivity (Wildman–Crippen MR) is 158 cm³/mol. The Morgan fingerprint density at radius 3 is 1.58 bits per heavy atom. The molecule has 194 valence electrons. The van der Waals surface area contributed by atoms with Crippen molar-refractivity contribution in [2.24, 2.45) is 9.49 Å². The number of amides is 2. The molecule has 0 radical (unpaired) electrons. The summed E-state index contributed by atoms with van der Waals surface area (Å²) >= 11 is 0. The van der Waals surface area contributed by atoms with E-state index in [1.165, 1.54) is 44.2 Å². The number of anilines is 2. The summed E-state index contributed by atoms with van der Waals surface area (Å²) in [5.41, 5.74) is 1.11. The highest BCUT2D eigenvalue weighted by atomic mass is 31.0. The van der Waals surface area contributed by atoms with Crippen LogP contribution in [-0.4, -0.2) is 33.6 Å². The highest BCUT2D eigenvalue weighted by Gasteiger charge is 2.20. The van der Waals surface area contributed by atoms with E-state index in [4.69, 9.17) is 0 Å². The molecule has 2 atom stereocenters. The van der Waals surface area contributed by atoms with Crippen molar-refractivity contribution < 1.29 is 29.4 Å². The predicted octanol–water partition coefficient (Wildman–Crippen LogP) is 4.92. The van der Waals surface area contributed by atoms with Gasteiger partial charge in [-0.05, 0) is 72.9 Å². The summed E-state index contributed by atoms with van der Waals surface area (Å²) in [5, 5.41) is 26.6. The van der Waals surface area contributed by atoms with Gasteiger partial charge in [0.25, 0.3) is 11.8 Å². The SMILES string of the molecule is CC(=O)c1cc(N=P)c(C(=O)Nc2cc(NC(=O)c3cc(N=P)c(C(C)=O)cc3P)c(O)cc2O)cc1P. The Kier molecular flexibility index (Phi) is 9.19. The molecule has 0 heterocycles. The zero-order valence-electron chi connectivity index (χ0n) is 20.0. The van der Waals surface area contributed by atoms with Gasteiger partial charge >= 0.3 is 0 Å². The first-order chi connectivity index (χ1) is 17.9. The van der Waals surface area contributed by atoms with Gasteiger partial charge in [-0.2, -0.15) is 0 Å². The second-order valence-corrected chi connectivity index (χ2v) is 9.74. The molecular formula is C24H22N4O6P4. The maximum Gasteiger partial charge on any atom is 0.257 e. The summed E-state index contributed by atoms with van der Waals surface area (Å²) in [6, 6.07) is 7.93. The lowest BCUT2D eigenvalue weighted by molar-refractivity contribution is 0.100. The van der Waals surface area contributed by atoms with Crippen LogP contribution in [0, 0.1) is 0 Å². The molecule has 0 bridgehead atoms. The van der Waals surface area contributed by atoms with E-state index in [2.05, 4.69) is 56.7 Å². The maximum absolute atomic E-state index is 13.0. The Hall–Kier alpha value is -3.40. The number of nitrogens with zero attached hydrogens (tertiary/aromatic N) is 2. The van der Waals surface area contributed by atoms with E-state index >= 15 is 0 Å². The van der Waals surface area contributed by atoms with Crippen molar-refractivity contribution in [1.82, 2.24) is 0 Å². The quantitative estimate of drug-likeness (QED) is 0.127. The average molecular weight is 586 g/mol. The third kappa shape index (κ3) is 6.18. The number of nitrogens with one attached hydrogen (secondary N) is 2. The first kappa shape index (κ1) is 29.2. The molecule has 0 aliphatic carbocycles. The van der Waals surface area contributed by atoms with Crippen LogP contribution in [0.1, 0.15) is 55.3 Å². The molecule has 0 fully saturated rings. The van der Waals surface area contributed by atoms with Gasteiger partial charge in [0.15, 0.2) is 11.6 Å². The molecule has 3 aromatic carbocycles. The van der Waals surface area contributed by atoms with Crippen molar-refractivity contribution in [2.45, 2.75) is 13.8 Å². The molecule has 0 spiro atoms.